The molecule has 1 aliphatic rings. The smallest absolute Gasteiger partial charge is 0.311 e. The van der Waals surface area contributed by atoms with Gasteiger partial charge >= 0.3 is 5.97 Å². The van der Waals surface area contributed by atoms with Crippen molar-refractivity contribution in [2.45, 2.75) is 39.0 Å². The van der Waals surface area contributed by atoms with E-state index < -0.39 is 17.3 Å². The Labute approximate surface area is 159 Å². The number of aliphatic carboxylic acids is 1. The van der Waals surface area contributed by atoms with Crippen LogP contribution >= 0.6 is 0 Å². The fraction of sp³-hybridized carbons (Fsp3) is 0.550. The van der Waals surface area contributed by atoms with Crippen LogP contribution in [0.3, 0.4) is 0 Å². The molecule has 2 amide bonds. The summed E-state index contributed by atoms with van der Waals surface area (Å²) < 4.78 is 5.21. The quantitative estimate of drug-likeness (QED) is 0.701. The van der Waals surface area contributed by atoms with E-state index in [0.29, 0.717) is 31.6 Å². The minimum absolute atomic E-state index is 0.000844. The van der Waals surface area contributed by atoms with Crippen molar-refractivity contribution < 1.29 is 24.2 Å². The average molecular weight is 376 g/mol. The Morgan fingerprint density at radius 2 is 1.67 bits per heavy atom. The predicted molar refractivity (Wildman–Crippen MR) is 101 cm³/mol. The molecule has 0 bridgehead atoms. The topological polar surface area (TPSA) is 105 Å². The highest BCUT2D eigenvalue weighted by molar-refractivity contribution is 5.96. The molecular formula is C20H28N2O5. The number of nitrogens with one attached hydrogen (secondary N) is 2. The average Bonchev–Trinajstić information content (AvgIpc) is 2.64. The van der Waals surface area contributed by atoms with Crippen LogP contribution in [0.4, 0.5) is 0 Å². The number of carbonyl (C=O) groups excluding carboxylic acids is 2. The molecule has 0 spiro atoms. The van der Waals surface area contributed by atoms with E-state index in [4.69, 9.17) is 4.74 Å². The summed E-state index contributed by atoms with van der Waals surface area (Å²) in [6.45, 7) is 6.83. The van der Waals surface area contributed by atoms with Crippen LogP contribution in [0.5, 0.6) is 0 Å². The molecule has 1 heterocycles. The van der Waals surface area contributed by atoms with Gasteiger partial charge in [0.05, 0.1) is 12.0 Å². The maximum absolute atomic E-state index is 12.2. The second-order valence-corrected chi connectivity index (χ2v) is 7.98. The van der Waals surface area contributed by atoms with E-state index in [9.17, 15) is 19.5 Å². The van der Waals surface area contributed by atoms with Gasteiger partial charge in [0.1, 0.15) is 0 Å². The van der Waals surface area contributed by atoms with Crippen molar-refractivity contribution in [3.05, 3.63) is 35.4 Å². The first-order valence-electron chi connectivity index (χ1n) is 9.11. The van der Waals surface area contributed by atoms with Gasteiger partial charge in [-0.05, 0) is 36.0 Å². The van der Waals surface area contributed by atoms with Crippen LogP contribution in [-0.4, -0.2) is 49.2 Å². The van der Waals surface area contributed by atoms with E-state index in [0.717, 1.165) is 5.56 Å². The zero-order valence-corrected chi connectivity index (χ0v) is 16.1. The third kappa shape index (κ3) is 5.53. The Bertz CT molecular complexity index is 685. The molecule has 7 heteroatoms. The van der Waals surface area contributed by atoms with Crippen LogP contribution in [0.25, 0.3) is 0 Å². The van der Waals surface area contributed by atoms with Gasteiger partial charge in [-0.2, -0.15) is 0 Å². The molecule has 0 radical (unpaired) electrons. The molecule has 27 heavy (non-hydrogen) atoms. The molecule has 0 aliphatic carbocycles. The first kappa shape index (κ1) is 20.9. The zero-order valence-electron chi connectivity index (χ0n) is 16.1. The summed E-state index contributed by atoms with van der Waals surface area (Å²) >= 11 is 0. The number of hydrogen-bond acceptors (Lipinski definition) is 4. The Hall–Kier alpha value is -2.41. The second-order valence-electron chi connectivity index (χ2n) is 7.98. The van der Waals surface area contributed by atoms with Gasteiger partial charge in [-0.3, -0.25) is 14.4 Å². The number of carboxylic acid groups (broad SMARTS) is 1. The van der Waals surface area contributed by atoms with Gasteiger partial charge < -0.3 is 20.5 Å². The molecule has 0 unspecified atom stereocenters. The van der Waals surface area contributed by atoms with Gasteiger partial charge in [-0.1, -0.05) is 32.9 Å². The van der Waals surface area contributed by atoms with E-state index in [2.05, 4.69) is 31.4 Å². The summed E-state index contributed by atoms with van der Waals surface area (Å²) in [6, 6.07) is 7.26. The summed E-state index contributed by atoms with van der Waals surface area (Å²) in [7, 11) is 0. The molecule has 7 nitrogen and oxygen atoms in total. The van der Waals surface area contributed by atoms with Gasteiger partial charge in [0.2, 0.25) is 5.91 Å². The summed E-state index contributed by atoms with van der Waals surface area (Å²) in [5.41, 5.74) is 0.592. The molecule has 148 valence electrons. The first-order chi connectivity index (χ1) is 12.6. The molecule has 2 rings (SSSR count). The molecule has 1 fully saturated rings. The predicted octanol–water partition coefficient (Wildman–Crippen LogP) is 1.71. The van der Waals surface area contributed by atoms with Gasteiger partial charge in [-0.25, -0.2) is 0 Å². The number of ether oxygens (including phenoxy) is 1. The molecule has 0 saturated carbocycles. The number of hydrogen-bond donors (Lipinski definition) is 3. The molecule has 1 aliphatic heterocycles. The van der Waals surface area contributed by atoms with Crippen molar-refractivity contribution in [2.75, 3.05) is 26.3 Å². The van der Waals surface area contributed by atoms with E-state index in [1.54, 1.807) is 12.1 Å². The van der Waals surface area contributed by atoms with Crippen LogP contribution in [0.2, 0.25) is 0 Å². The molecule has 0 aromatic heterocycles. The Morgan fingerprint density at radius 1 is 1.07 bits per heavy atom. The summed E-state index contributed by atoms with van der Waals surface area (Å²) in [6.07, 6.45) is 0.712. The highest BCUT2D eigenvalue weighted by Gasteiger charge is 2.40. The number of amides is 2. The highest BCUT2D eigenvalue weighted by Crippen LogP contribution is 2.30. The highest BCUT2D eigenvalue weighted by atomic mass is 16.5. The summed E-state index contributed by atoms with van der Waals surface area (Å²) in [5, 5.41) is 14.7. The Balaban J connectivity index is 1.84. The van der Waals surface area contributed by atoms with Crippen molar-refractivity contribution in [1.29, 1.82) is 0 Å². The molecule has 0 atom stereocenters. The lowest BCUT2D eigenvalue weighted by molar-refractivity contribution is -0.154. The zero-order chi connectivity index (χ0) is 20.1. The van der Waals surface area contributed by atoms with Crippen molar-refractivity contribution in [2.24, 2.45) is 5.41 Å². The summed E-state index contributed by atoms with van der Waals surface area (Å²) in [4.78, 5) is 35.8. The number of carboxylic acids is 1. The first-order valence-corrected chi connectivity index (χ1v) is 9.11. The molecule has 1 aromatic rings. The van der Waals surface area contributed by atoms with Crippen LogP contribution in [0.15, 0.2) is 24.3 Å². The Morgan fingerprint density at radius 3 is 2.19 bits per heavy atom. The second kappa shape index (κ2) is 8.52. The van der Waals surface area contributed by atoms with Crippen LogP contribution in [0, 0.1) is 5.41 Å². The SMILES string of the molecule is CC(C)(C)c1ccc(C(=O)NCC(=O)NCC2(C(=O)O)CCOCC2)cc1. The monoisotopic (exact) mass is 376 g/mol. The maximum Gasteiger partial charge on any atom is 0.311 e. The molecule has 1 saturated heterocycles. The lowest BCUT2D eigenvalue weighted by Gasteiger charge is -2.33. The van der Waals surface area contributed by atoms with Gasteiger partial charge in [0.15, 0.2) is 0 Å². The van der Waals surface area contributed by atoms with Crippen molar-refractivity contribution in [3.63, 3.8) is 0 Å². The largest absolute Gasteiger partial charge is 0.481 e. The maximum atomic E-state index is 12.2. The van der Waals surface area contributed by atoms with Crippen LogP contribution in [0.1, 0.15) is 49.5 Å². The van der Waals surface area contributed by atoms with Crippen molar-refractivity contribution >= 4 is 17.8 Å². The van der Waals surface area contributed by atoms with E-state index in [1.165, 1.54) is 0 Å². The molecule has 1 aromatic carbocycles. The van der Waals surface area contributed by atoms with E-state index in [1.807, 2.05) is 12.1 Å². The lowest BCUT2D eigenvalue weighted by atomic mass is 9.80. The van der Waals surface area contributed by atoms with Crippen LogP contribution < -0.4 is 10.6 Å². The molecule has 3 N–H and O–H groups in total. The number of carbonyl (C=O) groups is 3. The normalized spacial score (nSPS) is 16.4. The molecular weight excluding hydrogens is 348 g/mol. The van der Waals surface area contributed by atoms with Gasteiger partial charge in [0, 0.05) is 25.3 Å². The van der Waals surface area contributed by atoms with Gasteiger partial charge in [-0.15, -0.1) is 0 Å². The van der Waals surface area contributed by atoms with Crippen molar-refractivity contribution in [1.82, 2.24) is 10.6 Å². The third-order valence-electron chi connectivity index (χ3n) is 4.95. The third-order valence-corrected chi connectivity index (χ3v) is 4.95. The number of rotatable bonds is 6. The number of benzene rings is 1. The fourth-order valence-corrected chi connectivity index (χ4v) is 2.94. The van der Waals surface area contributed by atoms with Crippen molar-refractivity contribution in [3.8, 4) is 0 Å². The minimum Gasteiger partial charge on any atom is -0.481 e. The van der Waals surface area contributed by atoms with E-state index in [-0.39, 0.29) is 24.4 Å². The minimum atomic E-state index is -0.999. The van der Waals surface area contributed by atoms with E-state index >= 15 is 0 Å². The lowest BCUT2D eigenvalue weighted by Crippen LogP contribution is -2.48. The Kier molecular flexibility index (Phi) is 6.59. The van der Waals surface area contributed by atoms with Gasteiger partial charge in [0.25, 0.3) is 5.91 Å². The standard InChI is InChI=1S/C20H28N2O5/c1-19(2,3)15-6-4-14(5-7-15)17(24)21-12-16(23)22-13-20(18(25)26)8-10-27-11-9-20/h4-7H,8-13H2,1-3H3,(H,21,24)(H,22,23)(H,25,26). The van der Waals surface area contributed by atoms with Crippen LogP contribution in [-0.2, 0) is 19.7 Å². The fourth-order valence-electron chi connectivity index (χ4n) is 2.94. The summed E-state index contributed by atoms with van der Waals surface area (Å²) in [5.74, 6) is -1.69.